The number of ether oxygens (including phenoxy) is 1. The summed E-state index contributed by atoms with van der Waals surface area (Å²) in [7, 11) is 1.39. The Bertz CT molecular complexity index is 598. The van der Waals surface area contributed by atoms with Crippen LogP contribution in [0.1, 0.15) is 42.6 Å². The summed E-state index contributed by atoms with van der Waals surface area (Å²) in [5.74, 6) is 0.320. The fourth-order valence-corrected chi connectivity index (χ4v) is 3.66. The van der Waals surface area contributed by atoms with Crippen LogP contribution in [0, 0.1) is 5.92 Å². The van der Waals surface area contributed by atoms with Crippen LogP contribution in [0.5, 0.6) is 0 Å². The third kappa shape index (κ3) is 3.61. The van der Waals surface area contributed by atoms with Gasteiger partial charge in [-0.2, -0.15) is 0 Å². The van der Waals surface area contributed by atoms with Gasteiger partial charge in [0.1, 0.15) is 0 Å². The summed E-state index contributed by atoms with van der Waals surface area (Å²) in [4.78, 5) is 28.4. The molecule has 2 fully saturated rings. The van der Waals surface area contributed by atoms with Gasteiger partial charge in [0, 0.05) is 37.6 Å². The van der Waals surface area contributed by atoms with Gasteiger partial charge in [-0.05, 0) is 44.4 Å². The van der Waals surface area contributed by atoms with Crippen LogP contribution in [0.25, 0.3) is 0 Å². The topological polar surface area (TPSA) is 49.9 Å². The maximum absolute atomic E-state index is 12.4. The van der Waals surface area contributed by atoms with Crippen LogP contribution >= 0.6 is 0 Å². The first-order chi connectivity index (χ1) is 11.5. The van der Waals surface area contributed by atoms with Gasteiger partial charge in [-0.3, -0.25) is 9.69 Å². The Hall–Kier alpha value is -1.88. The molecular formula is C19H26N2O3. The van der Waals surface area contributed by atoms with E-state index in [0.717, 1.165) is 32.5 Å². The summed E-state index contributed by atoms with van der Waals surface area (Å²) in [5.41, 5.74) is 1.74. The van der Waals surface area contributed by atoms with Gasteiger partial charge in [-0.25, -0.2) is 4.79 Å². The molecule has 0 radical (unpaired) electrons. The van der Waals surface area contributed by atoms with E-state index in [1.54, 1.807) is 12.1 Å². The fourth-order valence-electron chi connectivity index (χ4n) is 3.66. The molecule has 5 heteroatoms. The molecule has 0 N–H and O–H groups in total. The van der Waals surface area contributed by atoms with E-state index in [2.05, 4.69) is 23.6 Å². The number of piperazine rings is 1. The number of nitrogens with zero attached hydrogens (tertiary/aromatic N) is 2. The molecule has 0 bridgehead atoms. The zero-order chi connectivity index (χ0) is 17.3. The molecule has 1 saturated heterocycles. The Labute approximate surface area is 143 Å². The van der Waals surface area contributed by atoms with Crippen LogP contribution in [-0.4, -0.2) is 54.0 Å². The van der Waals surface area contributed by atoms with Crippen molar-refractivity contribution in [3.8, 4) is 0 Å². The highest BCUT2D eigenvalue weighted by Crippen LogP contribution is 2.33. The first kappa shape index (κ1) is 17.0. The lowest BCUT2D eigenvalue weighted by Crippen LogP contribution is -2.58. The lowest BCUT2D eigenvalue weighted by molar-refractivity contribution is -0.140. The van der Waals surface area contributed by atoms with Crippen molar-refractivity contribution in [1.29, 1.82) is 0 Å². The Balaban J connectivity index is 1.60. The zero-order valence-corrected chi connectivity index (χ0v) is 14.7. The number of esters is 1. The minimum Gasteiger partial charge on any atom is -0.465 e. The second kappa shape index (κ2) is 6.93. The van der Waals surface area contributed by atoms with Gasteiger partial charge in [0.15, 0.2) is 0 Å². The number of methoxy groups -OCH3 is 1. The molecule has 0 spiro atoms. The second-order valence-corrected chi connectivity index (χ2v) is 7.10. The third-order valence-electron chi connectivity index (χ3n) is 4.96. The standard InChI is InChI=1S/C19H26N2O3/c1-13-10-20(11-14(2)21(13)18(22)16-8-9-16)12-15-4-6-17(7-5-15)19(23)24-3/h4-7,13-14,16H,8-12H2,1-3H3/t13-,14+. The van der Waals surface area contributed by atoms with Gasteiger partial charge in [0.25, 0.3) is 0 Å². The number of rotatable bonds is 4. The van der Waals surface area contributed by atoms with E-state index >= 15 is 0 Å². The molecule has 0 unspecified atom stereocenters. The molecule has 2 atom stereocenters. The maximum Gasteiger partial charge on any atom is 0.337 e. The van der Waals surface area contributed by atoms with Crippen LogP contribution < -0.4 is 0 Å². The summed E-state index contributed by atoms with van der Waals surface area (Å²) in [6.45, 7) is 6.90. The van der Waals surface area contributed by atoms with Crippen LogP contribution in [-0.2, 0) is 16.1 Å². The van der Waals surface area contributed by atoms with Crippen LogP contribution in [0.15, 0.2) is 24.3 Å². The van der Waals surface area contributed by atoms with Crippen LogP contribution in [0.4, 0.5) is 0 Å². The molecule has 130 valence electrons. The molecule has 1 aromatic carbocycles. The highest BCUT2D eigenvalue weighted by molar-refractivity contribution is 5.89. The Morgan fingerprint density at radius 2 is 1.67 bits per heavy atom. The van der Waals surface area contributed by atoms with Crippen molar-refractivity contribution in [3.05, 3.63) is 35.4 Å². The summed E-state index contributed by atoms with van der Waals surface area (Å²) in [5, 5.41) is 0. The number of carbonyl (C=O) groups is 2. The van der Waals surface area contributed by atoms with Crippen molar-refractivity contribution in [2.75, 3.05) is 20.2 Å². The molecule has 24 heavy (non-hydrogen) atoms. The molecule has 1 aromatic rings. The molecular weight excluding hydrogens is 304 g/mol. The molecule has 1 aliphatic heterocycles. The van der Waals surface area contributed by atoms with E-state index in [-0.39, 0.29) is 24.0 Å². The van der Waals surface area contributed by atoms with Gasteiger partial charge >= 0.3 is 5.97 Å². The summed E-state index contributed by atoms with van der Waals surface area (Å²) in [6.07, 6.45) is 2.12. The van der Waals surface area contributed by atoms with Gasteiger partial charge in [-0.15, -0.1) is 0 Å². The lowest BCUT2D eigenvalue weighted by Gasteiger charge is -2.44. The summed E-state index contributed by atoms with van der Waals surface area (Å²) >= 11 is 0. The first-order valence-corrected chi connectivity index (χ1v) is 8.71. The predicted octanol–water partition coefficient (Wildman–Crippen LogP) is 2.30. The van der Waals surface area contributed by atoms with Crippen LogP contribution in [0.3, 0.4) is 0 Å². The third-order valence-corrected chi connectivity index (χ3v) is 4.96. The molecule has 1 saturated carbocycles. The molecule has 1 amide bonds. The van der Waals surface area contributed by atoms with E-state index in [0.29, 0.717) is 11.5 Å². The van der Waals surface area contributed by atoms with Crippen molar-refractivity contribution in [2.45, 2.75) is 45.3 Å². The molecule has 5 nitrogen and oxygen atoms in total. The van der Waals surface area contributed by atoms with E-state index < -0.39 is 0 Å². The van der Waals surface area contributed by atoms with Gasteiger partial charge in [0.2, 0.25) is 5.91 Å². The Morgan fingerprint density at radius 3 is 2.17 bits per heavy atom. The van der Waals surface area contributed by atoms with Crippen molar-refractivity contribution in [3.63, 3.8) is 0 Å². The summed E-state index contributed by atoms with van der Waals surface area (Å²) in [6, 6.07) is 8.06. The predicted molar refractivity (Wildman–Crippen MR) is 91.6 cm³/mol. The average molecular weight is 330 g/mol. The zero-order valence-electron chi connectivity index (χ0n) is 14.7. The minimum atomic E-state index is -0.309. The quantitative estimate of drug-likeness (QED) is 0.795. The fraction of sp³-hybridized carbons (Fsp3) is 0.579. The lowest BCUT2D eigenvalue weighted by atomic mass is 10.1. The van der Waals surface area contributed by atoms with Gasteiger partial charge in [-0.1, -0.05) is 12.1 Å². The smallest absolute Gasteiger partial charge is 0.337 e. The van der Waals surface area contributed by atoms with E-state index in [4.69, 9.17) is 4.74 Å². The van der Waals surface area contributed by atoms with Gasteiger partial charge in [0.05, 0.1) is 12.7 Å². The first-order valence-electron chi connectivity index (χ1n) is 8.71. The number of hydrogen-bond donors (Lipinski definition) is 0. The van der Waals surface area contributed by atoms with Crippen molar-refractivity contribution >= 4 is 11.9 Å². The van der Waals surface area contributed by atoms with E-state index in [9.17, 15) is 9.59 Å². The molecule has 1 aliphatic carbocycles. The SMILES string of the molecule is COC(=O)c1ccc(CN2C[C@@H](C)N(C(=O)C3CC3)[C@@H](C)C2)cc1. The number of carbonyl (C=O) groups excluding carboxylic acids is 2. The Morgan fingerprint density at radius 1 is 1.08 bits per heavy atom. The summed E-state index contributed by atoms with van der Waals surface area (Å²) < 4.78 is 4.73. The van der Waals surface area contributed by atoms with Crippen molar-refractivity contribution < 1.29 is 14.3 Å². The average Bonchev–Trinajstić information content (AvgIpc) is 3.39. The van der Waals surface area contributed by atoms with E-state index in [1.165, 1.54) is 12.7 Å². The molecule has 0 aromatic heterocycles. The monoisotopic (exact) mass is 330 g/mol. The normalized spacial score (nSPS) is 24.7. The van der Waals surface area contributed by atoms with Crippen molar-refractivity contribution in [2.24, 2.45) is 5.92 Å². The van der Waals surface area contributed by atoms with Crippen LogP contribution in [0.2, 0.25) is 0 Å². The Kier molecular flexibility index (Phi) is 4.90. The largest absolute Gasteiger partial charge is 0.465 e. The maximum atomic E-state index is 12.4. The molecule has 2 aliphatic rings. The van der Waals surface area contributed by atoms with Gasteiger partial charge < -0.3 is 9.64 Å². The van der Waals surface area contributed by atoms with Crippen molar-refractivity contribution in [1.82, 2.24) is 9.80 Å². The highest BCUT2D eigenvalue weighted by Gasteiger charge is 2.40. The number of amides is 1. The second-order valence-electron chi connectivity index (χ2n) is 7.10. The van der Waals surface area contributed by atoms with E-state index in [1.807, 2.05) is 12.1 Å². The molecule has 3 rings (SSSR count). The number of hydrogen-bond acceptors (Lipinski definition) is 4. The number of benzene rings is 1. The molecule has 1 heterocycles. The highest BCUT2D eigenvalue weighted by atomic mass is 16.5. The minimum absolute atomic E-state index is 0.246.